The minimum atomic E-state index is -1.06. The minimum Gasteiger partial charge on any atom is -0.478 e. The molecular weight excluding hydrogens is 270 g/mol. The Hall–Kier alpha value is -2.63. The van der Waals surface area contributed by atoms with Gasteiger partial charge in [-0.3, -0.25) is 9.48 Å². The lowest BCUT2D eigenvalue weighted by Crippen LogP contribution is -2.31. The molecule has 1 amide bonds. The summed E-state index contributed by atoms with van der Waals surface area (Å²) in [5.41, 5.74) is 1.11. The normalized spacial score (nSPS) is 11.9. The van der Waals surface area contributed by atoms with Crippen LogP contribution >= 0.6 is 0 Å². The Morgan fingerprint density at radius 2 is 2.05 bits per heavy atom. The fourth-order valence-electron chi connectivity index (χ4n) is 2.05. The quantitative estimate of drug-likeness (QED) is 0.849. The maximum absolute atomic E-state index is 12.0. The number of carbonyl (C=O) groups is 2. The summed E-state index contributed by atoms with van der Waals surface area (Å²) in [5, 5.41) is 15.6. The second-order valence-electron chi connectivity index (χ2n) is 4.67. The molecule has 0 aliphatic rings. The molecule has 0 saturated carbocycles. The average molecular weight is 287 g/mol. The molecule has 1 atom stereocenters. The minimum absolute atomic E-state index is 0.00336. The molecule has 0 radical (unpaired) electrons. The van der Waals surface area contributed by atoms with Crippen molar-refractivity contribution in [2.24, 2.45) is 0 Å². The number of nitrogens with one attached hydrogen (secondary N) is 1. The van der Waals surface area contributed by atoms with E-state index in [-0.39, 0.29) is 24.1 Å². The highest BCUT2D eigenvalue weighted by Gasteiger charge is 2.14. The van der Waals surface area contributed by atoms with Crippen LogP contribution in [0.25, 0.3) is 0 Å². The molecule has 1 heterocycles. The van der Waals surface area contributed by atoms with Gasteiger partial charge >= 0.3 is 5.97 Å². The van der Waals surface area contributed by atoms with Crippen LogP contribution < -0.4 is 5.32 Å². The van der Waals surface area contributed by atoms with Gasteiger partial charge in [0.1, 0.15) is 6.54 Å². The van der Waals surface area contributed by atoms with Gasteiger partial charge in [0.2, 0.25) is 5.91 Å². The Morgan fingerprint density at radius 3 is 2.62 bits per heavy atom. The number of rotatable bonds is 6. The molecular formula is C15H17N3O3. The standard InChI is InChI=1S/C15H17N3O3/c1-2-13(11-6-4-3-5-7-11)17-14(19)10-18-9-12(8-16-18)15(20)21/h3-9,13H,2,10H2,1H3,(H,17,19)(H,20,21)/t13-/m0/s1. The Bertz CT molecular complexity index is 622. The van der Waals surface area contributed by atoms with Gasteiger partial charge in [0.15, 0.2) is 0 Å². The number of carboxylic acids is 1. The van der Waals surface area contributed by atoms with Crippen molar-refractivity contribution in [3.8, 4) is 0 Å². The van der Waals surface area contributed by atoms with Gasteiger partial charge in [0, 0.05) is 6.20 Å². The molecule has 2 aromatic rings. The van der Waals surface area contributed by atoms with E-state index in [1.54, 1.807) is 0 Å². The van der Waals surface area contributed by atoms with Gasteiger partial charge in [-0.25, -0.2) is 4.79 Å². The number of benzene rings is 1. The number of carboxylic acid groups (broad SMARTS) is 1. The van der Waals surface area contributed by atoms with Crippen molar-refractivity contribution in [1.82, 2.24) is 15.1 Å². The molecule has 0 aliphatic carbocycles. The average Bonchev–Trinajstić information content (AvgIpc) is 2.94. The zero-order valence-corrected chi connectivity index (χ0v) is 11.7. The topological polar surface area (TPSA) is 84.2 Å². The van der Waals surface area contributed by atoms with Crippen LogP contribution in [0, 0.1) is 0 Å². The van der Waals surface area contributed by atoms with E-state index < -0.39 is 5.97 Å². The number of aromatic nitrogens is 2. The van der Waals surface area contributed by atoms with E-state index >= 15 is 0 Å². The maximum atomic E-state index is 12.0. The fourth-order valence-corrected chi connectivity index (χ4v) is 2.05. The van der Waals surface area contributed by atoms with Crippen molar-refractivity contribution in [1.29, 1.82) is 0 Å². The summed E-state index contributed by atoms with van der Waals surface area (Å²) >= 11 is 0. The highest BCUT2D eigenvalue weighted by atomic mass is 16.4. The molecule has 2 rings (SSSR count). The summed E-state index contributed by atoms with van der Waals surface area (Å²) in [5.74, 6) is -1.26. The highest BCUT2D eigenvalue weighted by molar-refractivity contribution is 5.87. The number of hydrogen-bond donors (Lipinski definition) is 2. The Balaban J connectivity index is 1.98. The number of aromatic carboxylic acids is 1. The van der Waals surface area contributed by atoms with Gasteiger partial charge < -0.3 is 10.4 Å². The molecule has 6 nitrogen and oxygen atoms in total. The molecule has 0 bridgehead atoms. The summed E-state index contributed by atoms with van der Waals surface area (Å²) in [6.45, 7) is 1.99. The van der Waals surface area contributed by atoms with E-state index in [2.05, 4.69) is 10.4 Å². The van der Waals surface area contributed by atoms with E-state index in [0.29, 0.717) is 0 Å². The third-order valence-electron chi connectivity index (χ3n) is 3.13. The first-order valence-corrected chi connectivity index (χ1v) is 6.70. The van der Waals surface area contributed by atoms with Crippen LogP contribution in [0.1, 0.15) is 35.3 Å². The van der Waals surface area contributed by atoms with Gasteiger partial charge in [-0.05, 0) is 12.0 Å². The highest BCUT2D eigenvalue weighted by Crippen LogP contribution is 2.15. The number of hydrogen-bond acceptors (Lipinski definition) is 3. The third-order valence-corrected chi connectivity index (χ3v) is 3.13. The van der Waals surface area contributed by atoms with E-state index in [9.17, 15) is 9.59 Å². The molecule has 0 aliphatic heterocycles. The summed E-state index contributed by atoms with van der Waals surface area (Å²) in [7, 11) is 0. The second kappa shape index (κ2) is 6.69. The molecule has 0 saturated heterocycles. The molecule has 110 valence electrons. The number of nitrogens with zero attached hydrogens (tertiary/aromatic N) is 2. The van der Waals surface area contributed by atoms with Crippen molar-refractivity contribution in [2.45, 2.75) is 25.9 Å². The van der Waals surface area contributed by atoms with Crippen LogP contribution in [-0.2, 0) is 11.3 Å². The van der Waals surface area contributed by atoms with Crippen LogP contribution in [0.2, 0.25) is 0 Å². The van der Waals surface area contributed by atoms with Gasteiger partial charge in [0.25, 0.3) is 0 Å². The molecule has 0 spiro atoms. The lowest BCUT2D eigenvalue weighted by Gasteiger charge is -2.17. The van der Waals surface area contributed by atoms with Crippen molar-refractivity contribution in [2.75, 3.05) is 0 Å². The van der Waals surface area contributed by atoms with E-state index in [1.165, 1.54) is 17.1 Å². The predicted octanol–water partition coefficient (Wildman–Crippen LogP) is 1.85. The predicted molar refractivity (Wildman–Crippen MR) is 76.8 cm³/mol. The SMILES string of the molecule is CC[C@H](NC(=O)Cn1cc(C(=O)O)cn1)c1ccccc1. The van der Waals surface area contributed by atoms with Gasteiger partial charge in [-0.15, -0.1) is 0 Å². The Kier molecular flexibility index (Phi) is 4.71. The summed E-state index contributed by atoms with van der Waals surface area (Å²) in [6.07, 6.45) is 3.34. The van der Waals surface area contributed by atoms with Crippen LogP contribution in [0.15, 0.2) is 42.7 Å². The fraction of sp³-hybridized carbons (Fsp3) is 0.267. The Labute approximate surface area is 122 Å². The molecule has 6 heteroatoms. The lowest BCUT2D eigenvalue weighted by molar-refractivity contribution is -0.122. The van der Waals surface area contributed by atoms with Gasteiger partial charge in [-0.2, -0.15) is 5.10 Å². The molecule has 1 aromatic carbocycles. The van der Waals surface area contributed by atoms with Crippen LogP contribution in [0.3, 0.4) is 0 Å². The molecule has 0 fully saturated rings. The summed E-state index contributed by atoms with van der Waals surface area (Å²) in [6, 6.07) is 9.65. The zero-order chi connectivity index (χ0) is 15.2. The number of carbonyl (C=O) groups excluding carboxylic acids is 1. The summed E-state index contributed by atoms with van der Waals surface area (Å²) < 4.78 is 1.32. The van der Waals surface area contributed by atoms with Crippen molar-refractivity contribution in [3.63, 3.8) is 0 Å². The Morgan fingerprint density at radius 1 is 1.33 bits per heavy atom. The molecule has 0 unspecified atom stereocenters. The first kappa shape index (κ1) is 14.8. The molecule has 1 aromatic heterocycles. The summed E-state index contributed by atoms with van der Waals surface area (Å²) in [4.78, 5) is 22.8. The van der Waals surface area contributed by atoms with Gasteiger partial charge in [-0.1, -0.05) is 37.3 Å². The lowest BCUT2D eigenvalue weighted by atomic mass is 10.0. The molecule has 2 N–H and O–H groups in total. The monoisotopic (exact) mass is 287 g/mol. The first-order chi connectivity index (χ1) is 10.1. The van der Waals surface area contributed by atoms with Crippen LogP contribution in [0.5, 0.6) is 0 Å². The maximum Gasteiger partial charge on any atom is 0.338 e. The third kappa shape index (κ3) is 3.92. The van der Waals surface area contributed by atoms with Crippen molar-refractivity contribution in [3.05, 3.63) is 53.9 Å². The van der Waals surface area contributed by atoms with Crippen LogP contribution in [0.4, 0.5) is 0 Å². The van der Waals surface area contributed by atoms with Crippen molar-refractivity contribution >= 4 is 11.9 Å². The van der Waals surface area contributed by atoms with E-state index in [0.717, 1.165) is 12.0 Å². The molecule has 21 heavy (non-hydrogen) atoms. The van der Waals surface area contributed by atoms with E-state index in [1.807, 2.05) is 37.3 Å². The van der Waals surface area contributed by atoms with E-state index in [4.69, 9.17) is 5.11 Å². The second-order valence-corrected chi connectivity index (χ2v) is 4.67. The van der Waals surface area contributed by atoms with Crippen LogP contribution in [-0.4, -0.2) is 26.8 Å². The first-order valence-electron chi connectivity index (χ1n) is 6.70. The number of amides is 1. The van der Waals surface area contributed by atoms with Gasteiger partial charge in [0.05, 0.1) is 17.8 Å². The zero-order valence-electron chi connectivity index (χ0n) is 11.7. The smallest absolute Gasteiger partial charge is 0.338 e. The largest absolute Gasteiger partial charge is 0.478 e. The van der Waals surface area contributed by atoms with Crippen molar-refractivity contribution < 1.29 is 14.7 Å².